The van der Waals surface area contributed by atoms with Gasteiger partial charge < -0.3 is 15.2 Å². The molecule has 132 valence electrons. The van der Waals surface area contributed by atoms with Crippen LogP contribution in [-0.2, 0) is 9.53 Å². The summed E-state index contributed by atoms with van der Waals surface area (Å²) < 4.78 is 5.30. The summed E-state index contributed by atoms with van der Waals surface area (Å²) in [4.78, 5) is 28.1. The van der Waals surface area contributed by atoms with Gasteiger partial charge in [0, 0.05) is 29.2 Å². The van der Waals surface area contributed by atoms with Crippen LogP contribution in [0.3, 0.4) is 0 Å². The second-order valence-electron chi connectivity index (χ2n) is 5.97. The predicted octanol–water partition coefficient (Wildman–Crippen LogP) is 3.22. The van der Waals surface area contributed by atoms with Gasteiger partial charge in [-0.2, -0.15) is 0 Å². The van der Waals surface area contributed by atoms with Crippen LogP contribution < -0.4 is 5.32 Å². The van der Waals surface area contributed by atoms with E-state index in [1.807, 2.05) is 12.1 Å². The van der Waals surface area contributed by atoms with E-state index in [-0.39, 0.29) is 18.0 Å². The molecule has 1 aromatic carbocycles. The van der Waals surface area contributed by atoms with Gasteiger partial charge in [0.2, 0.25) is 0 Å². The number of carboxylic acid groups (broad SMARTS) is 1. The van der Waals surface area contributed by atoms with Crippen molar-refractivity contribution in [2.75, 3.05) is 13.2 Å². The maximum Gasteiger partial charge on any atom is 0.305 e. The van der Waals surface area contributed by atoms with Gasteiger partial charge in [0.1, 0.15) is 10.7 Å². The minimum Gasteiger partial charge on any atom is -0.481 e. The molecule has 0 bridgehead atoms. The van der Waals surface area contributed by atoms with Gasteiger partial charge in [-0.1, -0.05) is 23.7 Å². The van der Waals surface area contributed by atoms with Crippen molar-refractivity contribution in [2.45, 2.75) is 24.8 Å². The van der Waals surface area contributed by atoms with Gasteiger partial charge in [-0.25, -0.2) is 4.98 Å². The number of carbonyl (C=O) groups excluding carboxylic acids is 1. The summed E-state index contributed by atoms with van der Waals surface area (Å²) in [6.45, 7) is 0.858. The Morgan fingerprint density at radius 2 is 2.12 bits per heavy atom. The second-order valence-corrected chi connectivity index (χ2v) is 7.26. The van der Waals surface area contributed by atoms with E-state index < -0.39 is 11.5 Å². The van der Waals surface area contributed by atoms with Crippen molar-refractivity contribution in [3.05, 3.63) is 40.4 Å². The molecule has 0 radical (unpaired) electrons. The summed E-state index contributed by atoms with van der Waals surface area (Å²) in [5.74, 6) is -1.31. The Kier molecular flexibility index (Phi) is 5.36. The molecule has 25 heavy (non-hydrogen) atoms. The van der Waals surface area contributed by atoms with Gasteiger partial charge >= 0.3 is 5.97 Å². The molecule has 1 amide bonds. The molecule has 1 aliphatic rings. The van der Waals surface area contributed by atoms with Crippen molar-refractivity contribution < 1.29 is 19.4 Å². The fourth-order valence-electron chi connectivity index (χ4n) is 2.83. The van der Waals surface area contributed by atoms with E-state index in [1.54, 1.807) is 17.5 Å². The van der Waals surface area contributed by atoms with Gasteiger partial charge in [-0.3, -0.25) is 9.59 Å². The minimum absolute atomic E-state index is 0.132. The van der Waals surface area contributed by atoms with Crippen LogP contribution in [0.2, 0.25) is 5.02 Å². The number of aliphatic carboxylic acids is 1. The van der Waals surface area contributed by atoms with Crippen LogP contribution in [0.4, 0.5) is 0 Å². The van der Waals surface area contributed by atoms with Gasteiger partial charge in [0.25, 0.3) is 5.91 Å². The lowest BCUT2D eigenvalue weighted by atomic mass is 9.86. The summed E-state index contributed by atoms with van der Waals surface area (Å²) in [6, 6.07) is 7.25. The molecule has 0 atom stereocenters. The summed E-state index contributed by atoms with van der Waals surface area (Å²) >= 11 is 7.33. The van der Waals surface area contributed by atoms with Crippen molar-refractivity contribution >= 4 is 34.8 Å². The molecule has 3 rings (SSSR count). The molecule has 2 heterocycles. The molecule has 1 aliphatic heterocycles. The maximum absolute atomic E-state index is 12.6. The summed E-state index contributed by atoms with van der Waals surface area (Å²) in [7, 11) is 0. The van der Waals surface area contributed by atoms with E-state index in [9.17, 15) is 14.7 Å². The number of amides is 1. The molecule has 8 heteroatoms. The standard InChI is InChI=1S/C17H17ClN2O4S/c18-12-3-1-2-11(8-12)16-19-13(10-25-16)15(23)20-17(9-14(21)22)4-6-24-7-5-17/h1-3,8,10H,4-7,9H2,(H,20,23)(H,21,22). The smallest absolute Gasteiger partial charge is 0.305 e. The number of halogens is 1. The fraction of sp³-hybridized carbons (Fsp3) is 0.353. The molecule has 1 saturated heterocycles. The van der Waals surface area contributed by atoms with Gasteiger partial charge in [-0.15, -0.1) is 11.3 Å². The van der Waals surface area contributed by atoms with Crippen LogP contribution in [-0.4, -0.2) is 40.7 Å². The largest absolute Gasteiger partial charge is 0.481 e. The number of nitrogens with one attached hydrogen (secondary N) is 1. The van der Waals surface area contributed by atoms with Crippen LogP contribution in [0.25, 0.3) is 10.6 Å². The molecule has 1 fully saturated rings. The first-order valence-corrected chi connectivity index (χ1v) is 9.07. The van der Waals surface area contributed by atoms with Crippen LogP contribution in [0, 0.1) is 0 Å². The highest BCUT2D eigenvalue weighted by Gasteiger charge is 2.37. The second kappa shape index (κ2) is 7.51. The number of hydrogen-bond acceptors (Lipinski definition) is 5. The normalized spacial score (nSPS) is 16.4. The molecule has 2 N–H and O–H groups in total. The summed E-state index contributed by atoms with van der Waals surface area (Å²) in [5.41, 5.74) is 0.320. The van der Waals surface area contributed by atoms with Gasteiger partial charge in [-0.05, 0) is 25.0 Å². The zero-order chi connectivity index (χ0) is 17.9. The van der Waals surface area contributed by atoms with E-state index in [1.165, 1.54) is 11.3 Å². The van der Waals surface area contributed by atoms with Crippen molar-refractivity contribution in [1.29, 1.82) is 0 Å². The number of ether oxygens (including phenoxy) is 1. The SMILES string of the molecule is O=C(O)CC1(NC(=O)c2csc(-c3cccc(Cl)c3)n2)CCOCC1. The topological polar surface area (TPSA) is 88.5 Å². The van der Waals surface area contributed by atoms with Crippen molar-refractivity contribution in [3.8, 4) is 10.6 Å². The number of rotatable bonds is 5. The van der Waals surface area contributed by atoms with Gasteiger partial charge in [0.15, 0.2) is 0 Å². The molecular weight excluding hydrogens is 364 g/mol. The zero-order valence-electron chi connectivity index (χ0n) is 13.3. The fourth-order valence-corrected chi connectivity index (χ4v) is 3.82. The average Bonchev–Trinajstić information content (AvgIpc) is 3.05. The molecule has 0 unspecified atom stereocenters. The quantitative estimate of drug-likeness (QED) is 0.831. The Morgan fingerprint density at radius 1 is 1.36 bits per heavy atom. The van der Waals surface area contributed by atoms with Gasteiger partial charge in [0.05, 0.1) is 12.0 Å². The molecule has 6 nitrogen and oxygen atoms in total. The zero-order valence-corrected chi connectivity index (χ0v) is 14.9. The van der Waals surface area contributed by atoms with Crippen molar-refractivity contribution in [2.24, 2.45) is 0 Å². The Balaban J connectivity index is 1.77. The highest BCUT2D eigenvalue weighted by atomic mass is 35.5. The molecule has 0 aliphatic carbocycles. The van der Waals surface area contributed by atoms with Crippen LogP contribution in [0.5, 0.6) is 0 Å². The van der Waals surface area contributed by atoms with Crippen molar-refractivity contribution in [1.82, 2.24) is 10.3 Å². The summed E-state index contributed by atoms with van der Waals surface area (Å²) in [6.07, 6.45) is 0.806. The maximum atomic E-state index is 12.6. The van der Waals surface area contributed by atoms with E-state index in [0.717, 1.165) is 5.56 Å². The summed E-state index contributed by atoms with van der Waals surface area (Å²) in [5, 5.41) is 15.0. The highest BCUT2D eigenvalue weighted by Crippen LogP contribution is 2.28. The lowest BCUT2D eigenvalue weighted by molar-refractivity contribution is -0.139. The third kappa shape index (κ3) is 4.36. The van der Waals surface area contributed by atoms with E-state index in [0.29, 0.717) is 36.1 Å². The molecule has 0 spiro atoms. The first-order chi connectivity index (χ1) is 12.0. The van der Waals surface area contributed by atoms with Crippen LogP contribution in [0.15, 0.2) is 29.6 Å². The number of nitrogens with zero attached hydrogens (tertiary/aromatic N) is 1. The number of hydrogen-bond donors (Lipinski definition) is 2. The van der Waals surface area contributed by atoms with E-state index in [2.05, 4.69) is 10.3 Å². The first-order valence-electron chi connectivity index (χ1n) is 7.81. The lowest BCUT2D eigenvalue weighted by Crippen LogP contribution is -2.53. The Bertz CT molecular complexity index is 786. The Morgan fingerprint density at radius 3 is 2.80 bits per heavy atom. The molecule has 2 aromatic rings. The number of benzene rings is 1. The van der Waals surface area contributed by atoms with E-state index >= 15 is 0 Å². The molecule has 1 aromatic heterocycles. The predicted molar refractivity (Wildman–Crippen MR) is 95.1 cm³/mol. The van der Waals surface area contributed by atoms with E-state index in [4.69, 9.17) is 16.3 Å². The Labute approximate surface area is 153 Å². The number of thiazole rings is 1. The third-order valence-electron chi connectivity index (χ3n) is 4.13. The highest BCUT2D eigenvalue weighted by molar-refractivity contribution is 7.13. The monoisotopic (exact) mass is 380 g/mol. The Hall–Kier alpha value is -1.96. The molecular formula is C17H17ClN2O4S. The number of carboxylic acids is 1. The third-order valence-corrected chi connectivity index (χ3v) is 5.25. The number of aromatic nitrogens is 1. The average molecular weight is 381 g/mol. The molecule has 0 saturated carbocycles. The minimum atomic E-state index is -0.944. The van der Waals surface area contributed by atoms with Crippen LogP contribution >= 0.6 is 22.9 Å². The van der Waals surface area contributed by atoms with Crippen LogP contribution in [0.1, 0.15) is 29.8 Å². The van der Waals surface area contributed by atoms with Crippen molar-refractivity contribution in [3.63, 3.8) is 0 Å². The lowest BCUT2D eigenvalue weighted by Gasteiger charge is -2.36. The first kappa shape index (κ1) is 17.8. The number of carbonyl (C=O) groups is 2.